The van der Waals surface area contributed by atoms with Crippen molar-refractivity contribution in [2.24, 2.45) is 0 Å². The summed E-state index contributed by atoms with van der Waals surface area (Å²) >= 11 is 1.40. The van der Waals surface area contributed by atoms with E-state index in [1.54, 1.807) is 18.7 Å². The number of furan rings is 1. The molecule has 0 radical (unpaired) electrons. The summed E-state index contributed by atoms with van der Waals surface area (Å²) in [6, 6.07) is 9.75. The van der Waals surface area contributed by atoms with Gasteiger partial charge in [0.2, 0.25) is 5.91 Å². The lowest BCUT2D eigenvalue weighted by molar-refractivity contribution is -0.115. The molecule has 3 heterocycles. The zero-order chi connectivity index (χ0) is 17.2. The first-order valence-corrected chi connectivity index (χ1v) is 8.69. The molecule has 0 aliphatic heterocycles. The van der Waals surface area contributed by atoms with Gasteiger partial charge in [-0.3, -0.25) is 9.78 Å². The predicted octanol–water partition coefficient (Wildman–Crippen LogP) is 4.44. The van der Waals surface area contributed by atoms with Crippen molar-refractivity contribution < 1.29 is 9.21 Å². The van der Waals surface area contributed by atoms with Crippen molar-refractivity contribution in [2.75, 3.05) is 5.32 Å². The zero-order valence-corrected chi connectivity index (χ0v) is 14.3. The van der Waals surface area contributed by atoms with Crippen LogP contribution < -0.4 is 5.32 Å². The van der Waals surface area contributed by atoms with E-state index in [1.807, 2.05) is 42.6 Å². The summed E-state index contributed by atoms with van der Waals surface area (Å²) < 4.78 is 5.54. The number of fused-ring (bicyclic) bond motifs is 1. The smallest absolute Gasteiger partial charge is 0.230 e. The molecule has 1 N–H and O–H groups in total. The van der Waals surface area contributed by atoms with Gasteiger partial charge in [-0.1, -0.05) is 12.1 Å². The fourth-order valence-corrected chi connectivity index (χ4v) is 3.39. The van der Waals surface area contributed by atoms with Gasteiger partial charge in [0.15, 0.2) is 5.13 Å². The normalized spacial score (nSPS) is 10.9. The number of nitrogens with one attached hydrogen (secondary N) is 1. The van der Waals surface area contributed by atoms with E-state index in [0.717, 1.165) is 33.4 Å². The van der Waals surface area contributed by atoms with Gasteiger partial charge in [-0.25, -0.2) is 4.98 Å². The van der Waals surface area contributed by atoms with Crippen LogP contribution in [0.25, 0.3) is 22.2 Å². The third-order valence-electron chi connectivity index (χ3n) is 3.89. The van der Waals surface area contributed by atoms with Gasteiger partial charge in [-0.15, -0.1) is 11.3 Å². The molecule has 0 aliphatic rings. The molecule has 1 amide bonds. The molecule has 0 fully saturated rings. The molecule has 0 saturated carbocycles. The van der Waals surface area contributed by atoms with Crippen LogP contribution >= 0.6 is 11.3 Å². The molecular formula is C19H15N3O2S. The van der Waals surface area contributed by atoms with Crippen LogP contribution in [0.3, 0.4) is 0 Å². The summed E-state index contributed by atoms with van der Waals surface area (Å²) in [6.45, 7) is 2.01. The second kappa shape index (κ2) is 6.49. The van der Waals surface area contributed by atoms with Crippen molar-refractivity contribution in [3.63, 3.8) is 0 Å². The molecule has 0 saturated heterocycles. The van der Waals surface area contributed by atoms with Crippen LogP contribution in [0.2, 0.25) is 0 Å². The van der Waals surface area contributed by atoms with Crippen molar-refractivity contribution in [1.82, 2.24) is 9.97 Å². The summed E-state index contributed by atoms with van der Waals surface area (Å²) in [5.74, 6) is -0.112. The molecule has 0 unspecified atom stereocenters. The standard InChI is InChI=1S/C19H15N3O2S/c1-12-2-3-15-14(10-24-17(15)8-12)9-18(23)22-19-21-16(11-25-19)13-4-6-20-7-5-13/h2-8,10-11H,9H2,1H3,(H,21,22,23). The summed E-state index contributed by atoms with van der Waals surface area (Å²) in [4.78, 5) is 20.8. The van der Waals surface area contributed by atoms with E-state index >= 15 is 0 Å². The fraction of sp³-hybridized carbons (Fsp3) is 0.105. The Balaban J connectivity index is 1.48. The van der Waals surface area contributed by atoms with Gasteiger partial charge in [0.1, 0.15) is 5.58 Å². The summed E-state index contributed by atoms with van der Waals surface area (Å²) in [5.41, 5.74) is 4.61. The maximum Gasteiger partial charge on any atom is 0.230 e. The molecular weight excluding hydrogens is 334 g/mol. The number of nitrogens with zero attached hydrogens (tertiary/aromatic N) is 2. The number of amides is 1. The van der Waals surface area contributed by atoms with E-state index in [0.29, 0.717) is 5.13 Å². The molecule has 0 spiro atoms. The Morgan fingerprint density at radius 1 is 1.24 bits per heavy atom. The summed E-state index contributed by atoms with van der Waals surface area (Å²) in [6.07, 6.45) is 5.34. The highest BCUT2D eigenvalue weighted by molar-refractivity contribution is 7.14. The van der Waals surface area contributed by atoms with Gasteiger partial charge >= 0.3 is 0 Å². The van der Waals surface area contributed by atoms with E-state index in [-0.39, 0.29) is 12.3 Å². The van der Waals surface area contributed by atoms with E-state index in [2.05, 4.69) is 15.3 Å². The van der Waals surface area contributed by atoms with Crippen LogP contribution in [-0.4, -0.2) is 15.9 Å². The number of carbonyl (C=O) groups is 1. The first-order valence-electron chi connectivity index (χ1n) is 7.81. The minimum absolute atomic E-state index is 0.112. The molecule has 3 aromatic heterocycles. The average Bonchev–Trinajstić information content (AvgIpc) is 3.23. The molecule has 0 bridgehead atoms. The highest BCUT2D eigenvalue weighted by Crippen LogP contribution is 2.26. The molecule has 4 rings (SSSR count). The molecule has 1 aromatic carbocycles. The first-order chi connectivity index (χ1) is 12.2. The van der Waals surface area contributed by atoms with Gasteiger partial charge in [-0.2, -0.15) is 0 Å². The Labute approximate surface area is 148 Å². The maximum atomic E-state index is 12.3. The molecule has 25 heavy (non-hydrogen) atoms. The lowest BCUT2D eigenvalue weighted by Gasteiger charge is -2.01. The van der Waals surface area contributed by atoms with Crippen molar-refractivity contribution in [3.05, 3.63) is 65.5 Å². The highest BCUT2D eigenvalue weighted by Gasteiger charge is 2.12. The lowest BCUT2D eigenvalue weighted by Crippen LogP contribution is -2.13. The Kier molecular flexibility index (Phi) is 4.03. The van der Waals surface area contributed by atoms with Crippen LogP contribution in [-0.2, 0) is 11.2 Å². The molecule has 5 nitrogen and oxygen atoms in total. The number of aryl methyl sites for hydroxylation is 1. The number of thiazole rings is 1. The number of aromatic nitrogens is 2. The molecule has 4 aromatic rings. The minimum Gasteiger partial charge on any atom is -0.464 e. The second-order valence-electron chi connectivity index (χ2n) is 5.76. The van der Waals surface area contributed by atoms with Crippen LogP contribution in [0.4, 0.5) is 5.13 Å². The largest absolute Gasteiger partial charge is 0.464 e. The SMILES string of the molecule is Cc1ccc2c(CC(=O)Nc3nc(-c4ccncc4)cs3)coc2c1. The van der Waals surface area contributed by atoms with Crippen LogP contribution in [0.1, 0.15) is 11.1 Å². The molecule has 0 aliphatic carbocycles. The Bertz CT molecular complexity index is 1040. The zero-order valence-electron chi connectivity index (χ0n) is 13.5. The Hall–Kier alpha value is -2.99. The highest BCUT2D eigenvalue weighted by atomic mass is 32.1. The third-order valence-corrected chi connectivity index (χ3v) is 4.65. The molecule has 6 heteroatoms. The topological polar surface area (TPSA) is 68.0 Å². The number of benzene rings is 1. The van der Waals surface area contributed by atoms with E-state index in [1.165, 1.54) is 11.3 Å². The number of hydrogen-bond donors (Lipinski definition) is 1. The van der Waals surface area contributed by atoms with Gasteiger partial charge < -0.3 is 9.73 Å². The maximum absolute atomic E-state index is 12.3. The van der Waals surface area contributed by atoms with E-state index < -0.39 is 0 Å². The van der Waals surface area contributed by atoms with E-state index in [4.69, 9.17) is 4.42 Å². The number of hydrogen-bond acceptors (Lipinski definition) is 5. The van der Waals surface area contributed by atoms with Crippen molar-refractivity contribution in [1.29, 1.82) is 0 Å². The van der Waals surface area contributed by atoms with Crippen LogP contribution in [0, 0.1) is 6.92 Å². The summed E-state index contributed by atoms with van der Waals surface area (Å²) in [7, 11) is 0. The van der Waals surface area contributed by atoms with Gasteiger partial charge in [0.25, 0.3) is 0 Å². The second-order valence-corrected chi connectivity index (χ2v) is 6.62. The predicted molar refractivity (Wildman–Crippen MR) is 98.6 cm³/mol. The van der Waals surface area contributed by atoms with E-state index in [9.17, 15) is 4.79 Å². The monoisotopic (exact) mass is 349 g/mol. The molecule has 0 atom stereocenters. The average molecular weight is 349 g/mol. The summed E-state index contributed by atoms with van der Waals surface area (Å²) in [5, 5.41) is 6.33. The number of rotatable bonds is 4. The number of carbonyl (C=O) groups excluding carboxylic acids is 1. The van der Waals surface area contributed by atoms with Crippen molar-refractivity contribution in [3.8, 4) is 11.3 Å². The first kappa shape index (κ1) is 15.5. The number of anilines is 1. The Morgan fingerprint density at radius 2 is 2.08 bits per heavy atom. The van der Waals surface area contributed by atoms with Crippen molar-refractivity contribution >= 4 is 33.3 Å². The fourth-order valence-electron chi connectivity index (χ4n) is 2.65. The minimum atomic E-state index is -0.112. The Morgan fingerprint density at radius 3 is 2.92 bits per heavy atom. The van der Waals surface area contributed by atoms with Gasteiger partial charge in [0.05, 0.1) is 18.4 Å². The lowest BCUT2D eigenvalue weighted by atomic mass is 10.1. The van der Waals surface area contributed by atoms with Crippen LogP contribution in [0.5, 0.6) is 0 Å². The van der Waals surface area contributed by atoms with Gasteiger partial charge in [0, 0.05) is 34.3 Å². The van der Waals surface area contributed by atoms with Gasteiger partial charge in [-0.05, 0) is 30.7 Å². The number of pyridine rings is 1. The molecule has 124 valence electrons. The van der Waals surface area contributed by atoms with Crippen LogP contribution in [0.15, 0.2) is 58.8 Å². The van der Waals surface area contributed by atoms with Crippen molar-refractivity contribution in [2.45, 2.75) is 13.3 Å². The quantitative estimate of drug-likeness (QED) is 0.591. The third kappa shape index (κ3) is 3.29.